The van der Waals surface area contributed by atoms with Crippen LogP contribution < -0.4 is 11.2 Å². The number of hydrogen-bond donors (Lipinski definition) is 0. The van der Waals surface area contributed by atoms with E-state index in [2.05, 4.69) is 9.97 Å². The largest absolute Gasteiger partial charge is 0.330 e. The predicted molar refractivity (Wildman–Crippen MR) is 109 cm³/mol. The molecule has 1 aromatic carbocycles. The summed E-state index contributed by atoms with van der Waals surface area (Å²) in [5.41, 5.74) is 1.65. The van der Waals surface area contributed by atoms with Crippen molar-refractivity contribution in [1.29, 1.82) is 0 Å². The van der Waals surface area contributed by atoms with Crippen molar-refractivity contribution in [2.45, 2.75) is 10.8 Å². The van der Waals surface area contributed by atoms with Crippen LogP contribution in [0.3, 0.4) is 0 Å². The zero-order chi connectivity index (χ0) is 19.8. The van der Waals surface area contributed by atoms with Crippen LogP contribution in [0.4, 0.5) is 4.39 Å². The average molecular weight is 414 g/mol. The summed E-state index contributed by atoms with van der Waals surface area (Å²) in [7, 11) is 3.10. The van der Waals surface area contributed by atoms with Gasteiger partial charge in [-0.3, -0.25) is 13.9 Å². The minimum Gasteiger partial charge on any atom is -0.300 e. The first-order valence-electron chi connectivity index (χ1n) is 8.33. The third-order valence-electron chi connectivity index (χ3n) is 4.39. The number of halogens is 1. The lowest BCUT2D eigenvalue weighted by Gasteiger charge is -2.09. The fourth-order valence-corrected chi connectivity index (χ4v) is 4.97. The van der Waals surface area contributed by atoms with Crippen LogP contribution in [0.2, 0.25) is 0 Å². The monoisotopic (exact) mass is 414 g/mol. The number of aromatic nitrogens is 4. The fourth-order valence-electron chi connectivity index (χ4n) is 2.75. The Balaban J connectivity index is 1.67. The molecule has 0 bridgehead atoms. The highest BCUT2D eigenvalue weighted by atomic mass is 32.2. The van der Waals surface area contributed by atoms with Crippen molar-refractivity contribution in [2.75, 3.05) is 0 Å². The maximum absolute atomic E-state index is 13.2. The Bertz CT molecular complexity index is 1290. The van der Waals surface area contributed by atoms with E-state index in [0.717, 1.165) is 30.3 Å². The van der Waals surface area contributed by atoms with Gasteiger partial charge in [-0.2, -0.15) is 0 Å². The van der Waals surface area contributed by atoms with Crippen LogP contribution in [0.1, 0.15) is 5.69 Å². The highest BCUT2D eigenvalue weighted by Crippen LogP contribution is 2.37. The van der Waals surface area contributed by atoms with Gasteiger partial charge in [-0.05, 0) is 23.8 Å². The van der Waals surface area contributed by atoms with E-state index in [9.17, 15) is 14.0 Å². The zero-order valence-corrected chi connectivity index (χ0v) is 16.7. The Hall–Kier alpha value is -2.78. The van der Waals surface area contributed by atoms with E-state index < -0.39 is 0 Å². The Morgan fingerprint density at radius 1 is 1.07 bits per heavy atom. The van der Waals surface area contributed by atoms with Crippen LogP contribution in [0.15, 0.2) is 57.3 Å². The van der Waals surface area contributed by atoms with Crippen molar-refractivity contribution >= 4 is 33.3 Å². The molecule has 3 heterocycles. The Labute approximate surface area is 167 Å². The van der Waals surface area contributed by atoms with Gasteiger partial charge in [0.1, 0.15) is 17.2 Å². The van der Waals surface area contributed by atoms with Crippen molar-refractivity contribution in [1.82, 2.24) is 19.1 Å². The molecule has 0 amide bonds. The topological polar surface area (TPSA) is 69.8 Å². The minimum atomic E-state index is -0.356. The molecule has 0 saturated carbocycles. The molecule has 0 fully saturated rings. The van der Waals surface area contributed by atoms with Crippen LogP contribution in [0.5, 0.6) is 0 Å². The van der Waals surface area contributed by atoms with Crippen molar-refractivity contribution in [2.24, 2.45) is 14.1 Å². The van der Waals surface area contributed by atoms with Gasteiger partial charge in [0.05, 0.1) is 10.2 Å². The van der Waals surface area contributed by atoms with E-state index in [1.54, 1.807) is 19.2 Å². The van der Waals surface area contributed by atoms with Crippen LogP contribution >= 0.6 is 23.1 Å². The maximum atomic E-state index is 13.2. The van der Waals surface area contributed by atoms with E-state index in [0.29, 0.717) is 11.4 Å². The summed E-state index contributed by atoms with van der Waals surface area (Å²) in [4.78, 5) is 33.7. The Kier molecular flexibility index (Phi) is 4.86. The van der Waals surface area contributed by atoms with Gasteiger partial charge in [0.2, 0.25) is 0 Å². The quantitative estimate of drug-likeness (QED) is 0.379. The van der Waals surface area contributed by atoms with Crippen molar-refractivity contribution < 1.29 is 4.39 Å². The molecular formula is C19H15FN4O2S2. The first-order valence-corrected chi connectivity index (χ1v) is 10.1. The van der Waals surface area contributed by atoms with Gasteiger partial charge >= 0.3 is 5.69 Å². The number of thiophene rings is 1. The van der Waals surface area contributed by atoms with Crippen LogP contribution in [0, 0.1) is 5.82 Å². The summed E-state index contributed by atoms with van der Waals surface area (Å²) in [6.45, 7) is 0. The van der Waals surface area contributed by atoms with E-state index in [-0.39, 0.29) is 17.1 Å². The minimum absolute atomic E-state index is 0.277. The molecule has 4 rings (SSSR count). The summed E-state index contributed by atoms with van der Waals surface area (Å²) in [6.07, 6.45) is 1.49. The molecule has 0 atom stereocenters. The number of hydrogen-bond acceptors (Lipinski definition) is 6. The van der Waals surface area contributed by atoms with Crippen LogP contribution in [-0.2, 0) is 19.8 Å². The molecular weight excluding hydrogens is 399 g/mol. The molecule has 0 N–H and O–H groups in total. The lowest BCUT2D eigenvalue weighted by Crippen LogP contribution is -2.37. The molecule has 142 valence electrons. The predicted octanol–water partition coefficient (Wildman–Crippen LogP) is 3.19. The Morgan fingerprint density at radius 2 is 1.82 bits per heavy atom. The second kappa shape index (κ2) is 7.33. The standard InChI is InChI=1S/C19H15FN4O2S2/c1-23-13(7-16(25)24(2)19(23)26)9-27-18-17-14(21-10-22-18)8-15(28-17)11-3-5-12(20)6-4-11/h3-8,10H,9H2,1-2H3. The van der Waals surface area contributed by atoms with Crippen LogP contribution in [0.25, 0.3) is 20.7 Å². The highest BCUT2D eigenvalue weighted by molar-refractivity contribution is 7.98. The third kappa shape index (κ3) is 3.38. The molecule has 28 heavy (non-hydrogen) atoms. The second-order valence-corrected chi connectivity index (χ2v) is 8.19. The third-order valence-corrected chi connectivity index (χ3v) is 6.72. The molecule has 3 aromatic heterocycles. The van der Waals surface area contributed by atoms with E-state index in [1.165, 1.54) is 59.2 Å². The van der Waals surface area contributed by atoms with E-state index in [1.807, 2.05) is 6.07 Å². The fraction of sp³-hybridized carbons (Fsp3) is 0.158. The Morgan fingerprint density at radius 3 is 2.57 bits per heavy atom. The van der Waals surface area contributed by atoms with Gasteiger partial charge < -0.3 is 0 Å². The van der Waals surface area contributed by atoms with Gasteiger partial charge in [0.15, 0.2) is 0 Å². The second-order valence-electron chi connectivity index (χ2n) is 6.17. The summed E-state index contributed by atoms with van der Waals surface area (Å²) in [5, 5.41) is 0.775. The lowest BCUT2D eigenvalue weighted by atomic mass is 10.2. The first kappa shape index (κ1) is 18.6. The van der Waals surface area contributed by atoms with Gasteiger partial charge in [-0.1, -0.05) is 23.9 Å². The molecule has 0 unspecified atom stereocenters. The van der Waals surface area contributed by atoms with E-state index >= 15 is 0 Å². The smallest absolute Gasteiger partial charge is 0.300 e. The van der Waals surface area contributed by atoms with Crippen molar-refractivity contribution in [3.63, 3.8) is 0 Å². The number of benzene rings is 1. The van der Waals surface area contributed by atoms with Crippen molar-refractivity contribution in [3.8, 4) is 10.4 Å². The number of rotatable bonds is 4. The molecule has 6 nitrogen and oxygen atoms in total. The van der Waals surface area contributed by atoms with Gasteiger partial charge in [-0.15, -0.1) is 11.3 Å². The summed E-state index contributed by atoms with van der Waals surface area (Å²) >= 11 is 2.97. The maximum Gasteiger partial charge on any atom is 0.330 e. The number of thioether (sulfide) groups is 1. The average Bonchev–Trinajstić information content (AvgIpc) is 3.13. The summed E-state index contributed by atoms with van der Waals surface area (Å²) in [5.74, 6) is 0.151. The van der Waals surface area contributed by atoms with Crippen molar-refractivity contribution in [3.05, 3.63) is 75.1 Å². The molecule has 0 saturated heterocycles. The molecule has 4 aromatic rings. The lowest BCUT2D eigenvalue weighted by molar-refractivity contribution is 0.628. The van der Waals surface area contributed by atoms with Gasteiger partial charge in [-0.25, -0.2) is 19.2 Å². The number of nitrogens with zero attached hydrogens (tertiary/aromatic N) is 4. The van der Waals surface area contributed by atoms with E-state index in [4.69, 9.17) is 0 Å². The number of fused-ring (bicyclic) bond motifs is 1. The molecule has 0 spiro atoms. The van der Waals surface area contributed by atoms with Gasteiger partial charge in [0.25, 0.3) is 5.56 Å². The molecule has 0 radical (unpaired) electrons. The van der Waals surface area contributed by atoms with Gasteiger partial charge in [0, 0.05) is 36.5 Å². The summed E-state index contributed by atoms with van der Waals surface area (Å²) < 4.78 is 16.6. The molecule has 9 heteroatoms. The highest BCUT2D eigenvalue weighted by Gasteiger charge is 2.13. The zero-order valence-electron chi connectivity index (χ0n) is 15.0. The van der Waals surface area contributed by atoms with Crippen LogP contribution in [-0.4, -0.2) is 19.1 Å². The molecule has 0 aliphatic carbocycles. The molecule has 0 aliphatic heterocycles. The summed E-state index contributed by atoms with van der Waals surface area (Å²) in [6, 6.07) is 9.73. The normalized spacial score (nSPS) is 11.2. The molecule has 0 aliphatic rings. The first-order chi connectivity index (χ1) is 13.4. The SMILES string of the molecule is Cn1c(CSc2ncnc3cc(-c4ccc(F)cc4)sc23)cc(=O)n(C)c1=O.